The summed E-state index contributed by atoms with van der Waals surface area (Å²) in [6, 6.07) is 11.5. The highest BCUT2D eigenvalue weighted by Crippen LogP contribution is 2.60. The van der Waals surface area contributed by atoms with E-state index in [1.54, 1.807) is 31.2 Å². The van der Waals surface area contributed by atoms with Crippen LogP contribution >= 0.6 is 0 Å². The lowest BCUT2D eigenvalue weighted by atomic mass is 9.82. The summed E-state index contributed by atoms with van der Waals surface area (Å²) in [7, 11) is -3.61. The molecule has 1 amide bonds. The molecule has 2 aliphatic carbocycles. The van der Waals surface area contributed by atoms with Crippen LogP contribution in [-0.4, -0.2) is 36.5 Å². The van der Waals surface area contributed by atoms with Gasteiger partial charge in [-0.25, -0.2) is 8.42 Å². The van der Waals surface area contributed by atoms with Crippen molar-refractivity contribution in [3.05, 3.63) is 76.0 Å². The summed E-state index contributed by atoms with van der Waals surface area (Å²) in [6.07, 6.45) is 2.06. The SMILES string of the molecule is Cc1cc(S(C)(=O)=O)[nH]c1C(=O)NC12C(=O)c3c(N)cccc3C1(O)Oc1cc([C@@H]3C[C@@H]3C)ccc12. The van der Waals surface area contributed by atoms with E-state index < -0.39 is 32.9 Å². The number of fused-ring (bicyclic) bond motifs is 5. The number of hydrogen-bond acceptors (Lipinski definition) is 7. The van der Waals surface area contributed by atoms with Gasteiger partial charge in [0.15, 0.2) is 9.84 Å². The van der Waals surface area contributed by atoms with E-state index in [9.17, 15) is 23.1 Å². The van der Waals surface area contributed by atoms with Gasteiger partial charge in [-0.05, 0) is 54.5 Å². The maximum Gasteiger partial charge on any atom is 0.271 e. The second-order valence-corrected chi connectivity index (χ2v) is 12.1. The topological polar surface area (TPSA) is 152 Å². The molecule has 4 atom stereocenters. The molecule has 2 heterocycles. The maximum atomic E-state index is 14.0. The molecule has 1 aromatic heterocycles. The number of Topliss-reactive ketones (excluding diaryl/α,β-unsaturated/α-hetero) is 1. The normalized spacial score (nSPS) is 27.7. The third-order valence-corrected chi connectivity index (χ3v) is 8.68. The zero-order valence-corrected chi connectivity index (χ0v) is 20.7. The van der Waals surface area contributed by atoms with Crippen molar-refractivity contribution in [1.29, 1.82) is 0 Å². The van der Waals surface area contributed by atoms with Crippen molar-refractivity contribution in [2.45, 2.75) is 42.5 Å². The molecule has 3 aliphatic rings. The second-order valence-electron chi connectivity index (χ2n) is 10.1. The first-order valence-corrected chi connectivity index (χ1v) is 13.5. The maximum absolute atomic E-state index is 14.0. The third-order valence-electron chi connectivity index (χ3n) is 7.66. The van der Waals surface area contributed by atoms with Crippen molar-refractivity contribution in [1.82, 2.24) is 10.3 Å². The van der Waals surface area contributed by atoms with E-state index in [-0.39, 0.29) is 27.5 Å². The van der Waals surface area contributed by atoms with Gasteiger partial charge in [-0.2, -0.15) is 0 Å². The number of anilines is 1. The quantitative estimate of drug-likeness (QED) is 0.396. The van der Waals surface area contributed by atoms with Crippen molar-refractivity contribution in [2.75, 3.05) is 12.0 Å². The highest BCUT2D eigenvalue weighted by atomic mass is 32.2. The molecular weight excluding hydrogens is 482 g/mol. The van der Waals surface area contributed by atoms with Crippen molar-refractivity contribution in [3.63, 3.8) is 0 Å². The van der Waals surface area contributed by atoms with Crippen LogP contribution in [0.25, 0.3) is 0 Å². The molecule has 0 bridgehead atoms. The lowest BCUT2D eigenvalue weighted by molar-refractivity contribution is -0.169. The van der Waals surface area contributed by atoms with E-state index in [2.05, 4.69) is 17.2 Å². The number of aliphatic hydroxyl groups is 1. The molecule has 0 radical (unpaired) electrons. The minimum absolute atomic E-state index is 0.0410. The molecule has 1 aliphatic heterocycles. The van der Waals surface area contributed by atoms with Gasteiger partial charge < -0.3 is 25.9 Å². The van der Waals surface area contributed by atoms with Crippen LogP contribution < -0.4 is 15.8 Å². The lowest BCUT2D eigenvalue weighted by Crippen LogP contribution is -2.60. The van der Waals surface area contributed by atoms with Gasteiger partial charge in [0.1, 0.15) is 16.5 Å². The van der Waals surface area contributed by atoms with Crippen LogP contribution in [0.15, 0.2) is 47.5 Å². The van der Waals surface area contributed by atoms with E-state index in [0.29, 0.717) is 28.7 Å². The molecule has 9 nitrogen and oxygen atoms in total. The van der Waals surface area contributed by atoms with Gasteiger partial charge in [0, 0.05) is 23.1 Å². The molecule has 1 fully saturated rings. The summed E-state index contributed by atoms with van der Waals surface area (Å²) in [6.45, 7) is 3.73. The highest BCUT2D eigenvalue weighted by Gasteiger charge is 2.72. The Morgan fingerprint density at radius 1 is 1.22 bits per heavy atom. The number of sulfone groups is 1. The fourth-order valence-electron chi connectivity index (χ4n) is 5.60. The number of amides is 1. The monoisotopic (exact) mass is 507 g/mol. The minimum atomic E-state index is -3.61. The molecule has 6 rings (SSSR count). The first-order valence-electron chi connectivity index (χ1n) is 11.6. The number of nitrogens with two attached hydrogens (primary N) is 1. The van der Waals surface area contributed by atoms with Gasteiger partial charge in [-0.1, -0.05) is 31.2 Å². The van der Waals surface area contributed by atoms with Crippen LogP contribution in [0, 0.1) is 12.8 Å². The van der Waals surface area contributed by atoms with Gasteiger partial charge >= 0.3 is 0 Å². The van der Waals surface area contributed by atoms with Crippen molar-refractivity contribution >= 4 is 27.2 Å². The first kappa shape index (κ1) is 22.8. The molecule has 10 heteroatoms. The standard InChI is InChI=1S/C26H25N3O6S/c1-12-9-15(12)14-7-8-16-19(11-14)35-26(32)17-5-4-6-18(27)21(17)23(30)25(16,26)29-24(31)22-13(2)10-20(28-22)36(3,33)34/h4-8,10-12,15,28,32H,9,27H2,1-3H3,(H,29,31)/t12-,15+,25?,26?/m0/s1. The zero-order chi connectivity index (χ0) is 25.8. The Morgan fingerprint density at radius 3 is 2.58 bits per heavy atom. The Bertz CT molecular complexity index is 1610. The number of nitrogens with one attached hydrogen (secondary N) is 2. The van der Waals surface area contributed by atoms with Crippen LogP contribution in [0.2, 0.25) is 0 Å². The Kier molecular flexibility index (Phi) is 4.42. The molecule has 186 valence electrons. The predicted octanol–water partition coefficient (Wildman–Crippen LogP) is 2.49. The van der Waals surface area contributed by atoms with Crippen molar-refractivity contribution < 1.29 is 27.9 Å². The van der Waals surface area contributed by atoms with E-state index in [0.717, 1.165) is 18.2 Å². The Hall–Kier alpha value is -3.63. The van der Waals surface area contributed by atoms with Gasteiger partial charge in [0.25, 0.3) is 11.7 Å². The van der Waals surface area contributed by atoms with Gasteiger partial charge in [-0.15, -0.1) is 0 Å². The summed E-state index contributed by atoms with van der Waals surface area (Å²) in [4.78, 5) is 30.3. The summed E-state index contributed by atoms with van der Waals surface area (Å²) < 4.78 is 30.2. The van der Waals surface area contributed by atoms with Crippen LogP contribution in [0.3, 0.4) is 0 Å². The summed E-state index contributed by atoms with van der Waals surface area (Å²) in [5.74, 6) is -2.42. The number of rotatable bonds is 4. The van der Waals surface area contributed by atoms with Gasteiger partial charge in [0.05, 0.1) is 5.56 Å². The molecule has 2 unspecified atom stereocenters. The average molecular weight is 508 g/mol. The molecule has 2 aromatic carbocycles. The smallest absolute Gasteiger partial charge is 0.271 e. The number of ether oxygens (including phenoxy) is 1. The van der Waals surface area contributed by atoms with Gasteiger partial charge in [-0.3, -0.25) is 9.59 Å². The zero-order valence-electron chi connectivity index (χ0n) is 19.9. The predicted molar refractivity (Wildman–Crippen MR) is 130 cm³/mol. The van der Waals surface area contributed by atoms with E-state index in [1.807, 2.05) is 12.1 Å². The number of aryl methyl sites for hydroxylation is 1. The lowest BCUT2D eigenvalue weighted by Gasteiger charge is -2.34. The summed E-state index contributed by atoms with van der Waals surface area (Å²) >= 11 is 0. The molecule has 36 heavy (non-hydrogen) atoms. The number of aromatic nitrogens is 1. The van der Waals surface area contributed by atoms with E-state index in [1.165, 1.54) is 6.07 Å². The molecule has 1 saturated carbocycles. The minimum Gasteiger partial charge on any atom is -0.454 e. The Labute approximate surface area is 207 Å². The number of carbonyl (C=O) groups is 2. The molecular formula is C26H25N3O6S. The van der Waals surface area contributed by atoms with Gasteiger partial charge in [0.2, 0.25) is 11.3 Å². The Balaban J connectivity index is 1.52. The number of benzene rings is 2. The molecule has 3 aromatic rings. The largest absolute Gasteiger partial charge is 0.454 e. The second kappa shape index (κ2) is 6.98. The summed E-state index contributed by atoms with van der Waals surface area (Å²) in [5, 5.41) is 14.6. The fourth-order valence-corrected chi connectivity index (χ4v) is 6.28. The van der Waals surface area contributed by atoms with E-state index >= 15 is 0 Å². The average Bonchev–Trinajstić information content (AvgIpc) is 3.22. The van der Waals surface area contributed by atoms with Crippen LogP contribution in [-0.2, 0) is 21.2 Å². The van der Waals surface area contributed by atoms with Crippen molar-refractivity contribution in [3.8, 4) is 5.75 Å². The number of H-pyrrole nitrogens is 1. The summed E-state index contributed by atoms with van der Waals surface area (Å²) in [5.41, 5.74) is 6.17. The fraction of sp³-hybridized carbons (Fsp3) is 0.308. The highest BCUT2D eigenvalue weighted by molar-refractivity contribution is 7.90. The van der Waals surface area contributed by atoms with Crippen LogP contribution in [0.5, 0.6) is 5.75 Å². The van der Waals surface area contributed by atoms with Crippen molar-refractivity contribution in [2.24, 2.45) is 5.92 Å². The molecule has 5 N–H and O–H groups in total. The van der Waals surface area contributed by atoms with E-state index in [4.69, 9.17) is 10.5 Å². The molecule has 0 saturated heterocycles. The Morgan fingerprint density at radius 2 is 1.94 bits per heavy atom. The van der Waals surface area contributed by atoms with Crippen LogP contribution in [0.4, 0.5) is 5.69 Å². The third kappa shape index (κ3) is 2.82. The van der Waals surface area contributed by atoms with Crippen LogP contribution in [0.1, 0.15) is 62.4 Å². The first-order chi connectivity index (χ1) is 16.9. The number of ketones is 1. The molecule has 0 spiro atoms. The number of nitrogen functional groups attached to an aromatic ring is 1. The number of carbonyl (C=O) groups excluding carboxylic acids is 2. The number of aromatic amines is 1. The number of hydrogen-bond donors (Lipinski definition) is 4.